The third-order valence-electron chi connectivity index (χ3n) is 4.78. The second-order valence-corrected chi connectivity index (χ2v) is 6.58. The number of anilines is 1. The molecule has 0 radical (unpaired) electrons. The van der Waals surface area contributed by atoms with Crippen LogP contribution in [0.5, 0.6) is 0 Å². The molecule has 0 bridgehead atoms. The number of hydrogen-bond donors (Lipinski definition) is 1. The molecule has 0 saturated carbocycles. The van der Waals surface area contributed by atoms with Gasteiger partial charge in [-0.05, 0) is 17.7 Å². The van der Waals surface area contributed by atoms with Gasteiger partial charge in [0.15, 0.2) is 0 Å². The van der Waals surface area contributed by atoms with Crippen molar-refractivity contribution in [3.8, 4) is 0 Å². The number of nitrogens with zero attached hydrogens (tertiary/aromatic N) is 3. The van der Waals surface area contributed by atoms with E-state index in [1.807, 2.05) is 0 Å². The highest BCUT2D eigenvalue weighted by molar-refractivity contribution is 6.51. The van der Waals surface area contributed by atoms with E-state index in [4.69, 9.17) is 0 Å². The van der Waals surface area contributed by atoms with Crippen LogP contribution in [0.1, 0.15) is 17.2 Å². The minimum Gasteiger partial charge on any atom is -0.507 e. The molecule has 1 atom stereocenters. The molecular weight excluding hydrogens is 386 g/mol. The molecule has 8 nitrogen and oxygen atoms in total. The number of nitro groups is 1. The first-order chi connectivity index (χ1) is 14.5. The number of carbonyl (C=O) groups excluding carboxylic acids is 2. The predicted octanol–water partition coefficient (Wildman–Crippen LogP) is 3.62. The molecule has 1 aromatic heterocycles. The van der Waals surface area contributed by atoms with E-state index >= 15 is 0 Å². The van der Waals surface area contributed by atoms with Crippen LogP contribution in [0.3, 0.4) is 0 Å². The van der Waals surface area contributed by atoms with Gasteiger partial charge in [0, 0.05) is 23.9 Å². The Bertz CT molecular complexity index is 1180. The number of aliphatic hydroxyl groups excluding tert-OH is 1. The van der Waals surface area contributed by atoms with E-state index in [9.17, 15) is 24.8 Å². The molecule has 2 aromatic carbocycles. The lowest BCUT2D eigenvalue weighted by atomic mass is 9.95. The molecular formula is C22H15N3O5. The van der Waals surface area contributed by atoms with Crippen LogP contribution in [0.25, 0.3) is 5.76 Å². The molecule has 148 valence electrons. The quantitative estimate of drug-likeness (QED) is 0.235. The lowest BCUT2D eigenvalue weighted by Crippen LogP contribution is -2.30. The maximum atomic E-state index is 12.9. The maximum absolute atomic E-state index is 12.9. The number of aromatic nitrogens is 1. The summed E-state index contributed by atoms with van der Waals surface area (Å²) in [6, 6.07) is 17.8. The third-order valence-corrected chi connectivity index (χ3v) is 4.78. The molecule has 1 aliphatic rings. The minimum atomic E-state index is -1.07. The number of Topliss-reactive ketones (excluding diaryl/α,β-unsaturated/α-hetero) is 1. The Labute approximate surface area is 170 Å². The minimum absolute atomic E-state index is 0.155. The van der Waals surface area contributed by atoms with Crippen molar-refractivity contribution in [1.82, 2.24) is 4.98 Å². The first-order valence-corrected chi connectivity index (χ1v) is 9.01. The van der Waals surface area contributed by atoms with Crippen molar-refractivity contribution in [2.75, 3.05) is 4.90 Å². The Morgan fingerprint density at radius 1 is 1.00 bits per heavy atom. The van der Waals surface area contributed by atoms with Gasteiger partial charge in [0.2, 0.25) is 0 Å². The average Bonchev–Trinajstić information content (AvgIpc) is 3.05. The number of ketones is 1. The van der Waals surface area contributed by atoms with Gasteiger partial charge in [0.1, 0.15) is 11.6 Å². The van der Waals surface area contributed by atoms with Gasteiger partial charge in [-0.2, -0.15) is 0 Å². The van der Waals surface area contributed by atoms with E-state index in [0.29, 0.717) is 11.1 Å². The second-order valence-electron chi connectivity index (χ2n) is 6.58. The van der Waals surface area contributed by atoms with Crippen molar-refractivity contribution >= 4 is 29.0 Å². The Kier molecular flexibility index (Phi) is 4.81. The van der Waals surface area contributed by atoms with Gasteiger partial charge in [0.05, 0.1) is 16.5 Å². The van der Waals surface area contributed by atoms with Crippen molar-refractivity contribution in [3.63, 3.8) is 0 Å². The molecule has 0 aliphatic carbocycles. The van der Waals surface area contributed by atoms with Crippen LogP contribution in [0.2, 0.25) is 0 Å². The summed E-state index contributed by atoms with van der Waals surface area (Å²) < 4.78 is 0. The van der Waals surface area contributed by atoms with Gasteiger partial charge in [-0.15, -0.1) is 0 Å². The van der Waals surface area contributed by atoms with Crippen LogP contribution < -0.4 is 4.90 Å². The molecule has 1 amide bonds. The summed E-state index contributed by atoms with van der Waals surface area (Å²) in [5.74, 6) is -1.92. The Hall–Kier alpha value is -4.33. The highest BCUT2D eigenvalue weighted by atomic mass is 16.6. The number of aliphatic hydroxyl groups is 1. The number of non-ortho nitro benzene ring substituents is 1. The molecule has 30 heavy (non-hydrogen) atoms. The molecule has 2 heterocycles. The molecule has 8 heteroatoms. The zero-order valence-electron chi connectivity index (χ0n) is 15.5. The maximum Gasteiger partial charge on any atom is 0.301 e. The smallest absolute Gasteiger partial charge is 0.301 e. The zero-order chi connectivity index (χ0) is 21.3. The number of amides is 1. The summed E-state index contributed by atoms with van der Waals surface area (Å²) in [5, 5.41) is 22.2. The van der Waals surface area contributed by atoms with Gasteiger partial charge in [-0.1, -0.05) is 48.5 Å². The van der Waals surface area contributed by atoms with E-state index in [-0.39, 0.29) is 22.8 Å². The predicted molar refractivity (Wildman–Crippen MR) is 109 cm³/mol. The molecule has 0 spiro atoms. The van der Waals surface area contributed by atoms with Crippen LogP contribution in [0.4, 0.5) is 11.5 Å². The van der Waals surface area contributed by atoms with Crippen LogP contribution in [0, 0.1) is 10.1 Å². The van der Waals surface area contributed by atoms with Crippen LogP contribution in [-0.2, 0) is 9.59 Å². The number of pyridine rings is 1. The summed E-state index contributed by atoms with van der Waals surface area (Å²) >= 11 is 0. The first-order valence-electron chi connectivity index (χ1n) is 9.01. The van der Waals surface area contributed by atoms with Crippen LogP contribution in [0.15, 0.2) is 84.6 Å². The van der Waals surface area contributed by atoms with Gasteiger partial charge < -0.3 is 5.11 Å². The van der Waals surface area contributed by atoms with E-state index in [1.165, 1.54) is 24.4 Å². The first kappa shape index (κ1) is 19.0. The Balaban J connectivity index is 1.97. The standard InChI is InChI=1S/C22H15N3O5/c26-20(14-7-2-1-3-8-14)18-19(15-9-6-10-16(13-15)25(29)30)24(22(28)21(18)27)17-11-4-5-12-23-17/h1-13,19,26H. The van der Waals surface area contributed by atoms with Crippen molar-refractivity contribution in [2.45, 2.75) is 6.04 Å². The molecule has 4 rings (SSSR count). The van der Waals surface area contributed by atoms with Crippen molar-refractivity contribution < 1.29 is 19.6 Å². The van der Waals surface area contributed by atoms with Gasteiger partial charge in [-0.25, -0.2) is 4.98 Å². The zero-order valence-corrected chi connectivity index (χ0v) is 15.5. The molecule has 1 N–H and O–H groups in total. The van der Waals surface area contributed by atoms with Crippen LogP contribution in [-0.4, -0.2) is 26.7 Å². The Morgan fingerprint density at radius 2 is 1.73 bits per heavy atom. The molecule has 1 saturated heterocycles. The topological polar surface area (TPSA) is 114 Å². The fourth-order valence-corrected chi connectivity index (χ4v) is 3.44. The summed E-state index contributed by atoms with van der Waals surface area (Å²) in [4.78, 5) is 41.9. The summed E-state index contributed by atoms with van der Waals surface area (Å²) in [5.41, 5.74) is 0.314. The highest BCUT2D eigenvalue weighted by Gasteiger charge is 2.47. The summed E-state index contributed by atoms with van der Waals surface area (Å²) in [6.07, 6.45) is 1.47. The lowest BCUT2D eigenvalue weighted by Gasteiger charge is -2.24. The number of rotatable bonds is 4. The van der Waals surface area contributed by atoms with E-state index in [1.54, 1.807) is 54.6 Å². The molecule has 3 aromatic rings. The van der Waals surface area contributed by atoms with Gasteiger partial charge in [0.25, 0.3) is 11.5 Å². The number of hydrogen-bond acceptors (Lipinski definition) is 6. The van der Waals surface area contributed by atoms with E-state index in [0.717, 1.165) is 4.90 Å². The number of nitro benzene ring substituents is 1. The second kappa shape index (κ2) is 7.59. The largest absolute Gasteiger partial charge is 0.507 e. The SMILES string of the molecule is O=C1C(=O)N(c2ccccn2)C(c2cccc([N+](=O)[O-])c2)C1=C(O)c1ccccc1. The fourth-order valence-electron chi connectivity index (χ4n) is 3.44. The molecule has 1 aliphatic heterocycles. The highest BCUT2D eigenvalue weighted by Crippen LogP contribution is 2.42. The average molecular weight is 401 g/mol. The van der Waals surface area contributed by atoms with Crippen molar-refractivity contribution in [2.24, 2.45) is 0 Å². The normalized spacial score (nSPS) is 17.9. The molecule has 1 fully saturated rings. The van der Waals surface area contributed by atoms with E-state index in [2.05, 4.69) is 4.98 Å². The number of carbonyl (C=O) groups is 2. The Morgan fingerprint density at radius 3 is 2.40 bits per heavy atom. The van der Waals surface area contributed by atoms with Crippen molar-refractivity contribution in [3.05, 3.63) is 106 Å². The lowest BCUT2D eigenvalue weighted by molar-refractivity contribution is -0.384. The van der Waals surface area contributed by atoms with Crippen LogP contribution >= 0.6 is 0 Å². The fraction of sp³-hybridized carbons (Fsp3) is 0.0455. The summed E-state index contributed by atoms with van der Waals surface area (Å²) in [6.45, 7) is 0. The monoisotopic (exact) mass is 401 g/mol. The van der Waals surface area contributed by atoms with Gasteiger partial charge in [-0.3, -0.25) is 24.6 Å². The van der Waals surface area contributed by atoms with Crippen molar-refractivity contribution in [1.29, 1.82) is 0 Å². The molecule has 1 unspecified atom stereocenters. The third kappa shape index (κ3) is 3.20. The summed E-state index contributed by atoms with van der Waals surface area (Å²) in [7, 11) is 0. The van der Waals surface area contributed by atoms with E-state index < -0.39 is 22.7 Å². The van der Waals surface area contributed by atoms with Gasteiger partial charge >= 0.3 is 5.91 Å². The number of benzene rings is 2.